The molecule has 2 aromatic carbocycles. The van der Waals surface area contributed by atoms with Crippen LogP contribution in [0.15, 0.2) is 54.0 Å². The Morgan fingerprint density at radius 1 is 1.20 bits per heavy atom. The molecule has 0 radical (unpaired) electrons. The fourth-order valence-corrected chi connectivity index (χ4v) is 3.30. The lowest BCUT2D eigenvalue weighted by molar-refractivity contribution is 1.36. The van der Waals surface area contributed by atoms with Gasteiger partial charge in [0.05, 0.1) is 15.7 Å². The van der Waals surface area contributed by atoms with E-state index in [1.165, 1.54) is 11.3 Å². The molecule has 1 N–H and O–H groups in total. The first kappa shape index (κ1) is 17.5. The number of aromatic nitrogens is 1. The first-order chi connectivity index (χ1) is 12.1. The summed E-state index contributed by atoms with van der Waals surface area (Å²) in [5.74, 6) is 0. The summed E-state index contributed by atoms with van der Waals surface area (Å²) in [6.07, 6.45) is 1.68. The maximum atomic E-state index is 9.46. The second-order valence-corrected chi connectivity index (χ2v) is 6.97. The van der Waals surface area contributed by atoms with E-state index in [1.807, 2.05) is 42.6 Å². The van der Waals surface area contributed by atoms with E-state index in [9.17, 15) is 5.26 Å². The van der Waals surface area contributed by atoms with Gasteiger partial charge in [0.15, 0.2) is 0 Å². The smallest absolute Gasteiger partial charge is 0.136 e. The van der Waals surface area contributed by atoms with Gasteiger partial charge in [-0.2, -0.15) is 5.26 Å². The number of benzene rings is 2. The van der Waals surface area contributed by atoms with Crippen molar-refractivity contribution >= 4 is 45.8 Å². The number of allylic oxidation sites excluding steroid dienone is 1. The van der Waals surface area contributed by atoms with Gasteiger partial charge in [0.1, 0.15) is 16.6 Å². The van der Waals surface area contributed by atoms with E-state index in [0.717, 1.165) is 22.5 Å². The van der Waals surface area contributed by atoms with Crippen molar-refractivity contribution in [2.75, 3.05) is 5.32 Å². The number of hydrogen-bond acceptors (Lipinski definition) is 4. The topological polar surface area (TPSA) is 48.7 Å². The Morgan fingerprint density at radius 2 is 2.00 bits per heavy atom. The zero-order chi connectivity index (χ0) is 17.8. The quantitative estimate of drug-likeness (QED) is 0.528. The summed E-state index contributed by atoms with van der Waals surface area (Å²) in [4.78, 5) is 4.54. The summed E-state index contributed by atoms with van der Waals surface area (Å²) in [5.41, 5.74) is 4.15. The largest absolute Gasteiger partial charge is 0.360 e. The average molecular weight is 386 g/mol. The molecule has 0 atom stereocenters. The number of nitriles is 1. The predicted octanol–water partition coefficient (Wildman–Crippen LogP) is 6.40. The molecule has 1 heterocycles. The van der Waals surface area contributed by atoms with E-state index in [-0.39, 0.29) is 0 Å². The molecule has 0 fully saturated rings. The Morgan fingerprint density at radius 3 is 2.72 bits per heavy atom. The number of rotatable bonds is 4. The Balaban J connectivity index is 1.86. The minimum Gasteiger partial charge on any atom is -0.360 e. The zero-order valence-corrected chi connectivity index (χ0v) is 15.6. The average Bonchev–Trinajstić information content (AvgIpc) is 3.09. The van der Waals surface area contributed by atoms with Gasteiger partial charge in [-0.15, -0.1) is 11.3 Å². The molecule has 0 bridgehead atoms. The maximum Gasteiger partial charge on any atom is 0.136 e. The summed E-state index contributed by atoms with van der Waals surface area (Å²) < 4.78 is 0. The van der Waals surface area contributed by atoms with Crippen LogP contribution in [0.25, 0.3) is 16.8 Å². The van der Waals surface area contributed by atoms with Gasteiger partial charge in [-0.1, -0.05) is 47.5 Å². The number of hydrogen-bond donors (Lipinski definition) is 1. The Bertz CT molecular complexity index is 986. The van der Waals surface area contributed by atoms with Crippen LogP contribution in [0.1, 0.15) is 10.6 Å². The monoisotopic (exact) mass is 385 g/mol. The predicted molar refractivity (Wildman–Crippen MR) is 106 cm³/mol. The number of thiazole rings is 1. The van der Waals surface area contributed by atoms with Crippen LogP contribution in [-0.4, -0.2) is 4.98 Å². The van der Waals surface area contributed by atoms with Crippen LogP contribution in [0.4, 0.5) is 5.69 Å². The van der Waals surface area contributed by atoms with Gasteiger partial charge in [-0.3, -0.25) is 0 Å². The Hall–Kier alpha value is -2.32. The number of aryl methyl sites for hydroxylation is 1. The first-order valence-electron chi connectivity index (χ1n) is 7.42. The summed E-state index contributed by atoms with van der Waals surface area (Å²) in [6, 6.07) is 15.4. The number of nitrogens with one attached hydrogen (secondary N) is 1. The standard InChI is InChI=1S/C19H13Cl2N3S/c1-12-4-2-3-5-17(12)23-10-14(9-22)19-24-18(11-25-19)13-6-7-15(20)16(21)8-13/h2-8,10-11,23H,1H3. The maximum absolute atomic E-state index is 9.46. The fourth-order valence-electron chi connectivity index (χ4n) is 2.21. The highest BCUT2D eigenvalue weighted by Crippen LogP contribution is 2.30. The molecule has 0 aliphatic rings. The van der Waals surface area contributed by atoms with Crippen molar-refractivity contribution in [1.29, 1.82) is 5.26 Å². The molecule has 25 heavy (non-hydrogen) atoms. The molecule has 3 aromatic rings. The lowest BCUT2D eigenvalue weighted by Crippen LogP contribution is -1.93. The van der Waals surface area contributed by atoms with Crippen molar-refractivity contribution in [2.24, 2.45) is 0 Å². The SMILES string of the molecule is Cc1ccccc1NC=C(C#N)c1nc(-c2ccc(Cl)c(Cl)c2)cs1. The van der Waals surface area contributed by atoms with Crippen LogP contribution in [0.2, 0.25) is 10.0 Å². The van der Waals surface area contributed by atoms with Gasteiger partial charge >= 0.3 is 0 Å². The van der Waals surface area contributed by atoms with Gasteiger partial charge in [-0.05, 0) is 30.7 Å². The molecule has 0 aliphatic heterocycles. The van der Waals surface area contributed by atoms with Gasteiger partial charge in [-0.25, -0.2) is 4.98 Å². The van der Waals surface area contributed by atoms with E-state index in [0.29, 0.717) is 20.6 Å². The Labute approximate surface area is 160 Å². The van der Waals surface area contributed by atoms with E-state index in [2.05, 4.69) is 16.4 Å². The fraction of sp³-hybridized carbons (Fsp3) is 0.0526. The van der Waals surface area contributed by atoms with Crippen molar-refractivity contribution < 1.29 is 0 Å². The molecule has 3 nitrogen and oxygen atoms in total. The van der Waals surface area contributed by atoms with Crippen LogP contribution in [-0.2, 0) is 0 Å². The number of anilines is 1. The third-order valence-corrected chi connectivity index (χ3v) is 5.20. The van der Waals surface area contributed by atoms with Crippen LogP contribution in [0.5, 0.6) is 0 Å². The van der Waals surface area contributed by atoms with Crippen LogP contribution < -0.4 is 5.32 Å². The molecule has 1 aromatic heterocycles. The summed E-state index contributed by atoms with van der Waals surface area (Å²) >= 11 is 13.4. The number of para-hydroxylation sites is 1. The van der Waals surface area contributed by atoms with E-state index < -0.39 is 0 Å². The minimum atomic E-state index is 0.472. The molecule has 0 amide bonds. The second kappa shape index (κ2) is 7.71. The van der Waals surface area contributed by atoms with Crippen molar-refractivity contribution in [3.05, 3.63) is 74.7 Å². The first-order valence-corrected chi connectivity index (χ1v) is 9.06. The molecular weight excluding hydrogens is 373 g/mol. The molecule has 3 rings (SSSR count). The van der Waals surface area contributed by atoms with Crippen molar-refractivity contribution in [2.45, 2.75) is 6.92 Å². The lowest BCUT2D eigenvalue weighted by Gasteiger charge is -2.04. The number of nitrogens with zero attached hydrogens (tertiary/aromatic N) is 2. The summed E-state index contributed by atoms with van der Waals surface area (Å²) in [6.45, 7) is 2.01. The lowest BCUT2D eigenvalue weighted by atomic mass is 10.2. The van der Waals surface area contributed by atoms with E-state index in [1.54, 1.807) is 18.3 Å². The van der Waals surface area contributed by atoms with Crippen LogP contribution in [0.3, 0.4) is 0 Å². The van der Waals surface area contributed by atoms with E-state index >= 15 is 0 Å². The van der Waals surface area contributed by atoms with Crippen LogP contribution in [0, 0.1) is 18.3 Å². The van der Waals surface area contributed by atoms with Gasteiger partial charge in [0, 0.05) is 22.8 Å². The third kappa shape index (κ3) is 4.02. The Kier molecular flexibility index (Phi) is 5.40. The van der Waals surface area contributed by atoms with E-state index in [4.69, 9.17) is 23.2 Å². The molecule has 124 valence electrons. The molecule has 0 unspecified atom stereocenters. The summed E-state index contributed by atoms with van der Waals surface area (Å²) in [5, 5.41) is 16.1. The minimum absolute atomic E-state index is 0.472. The van der Waals surface area contributed by atoms with Gasteiger partial charge < -0.3 is 5.32 Å². The van der Waals surface area contributed by atoms with Gasteiger partial charge in [0.25, 0.3) is 0 Å². The molecule has 6 heteroatoms. The highest BCUT2D eigenvalue weighted by Gasteiger charge is 2.10. The van der Waals surface area contributed by atoms with Crippen molar-refractivity contribution in [3.8, 4) is 17.3 Å². The molecule has 0 saturated heterocycles. The zero-order valence-electron chi connectivity index (χ0n) is 13.3. The van der Waals surface area contributed by atoms with Crippen LogP contribution >= 0.6 is 34.5 Å². The van der Waals surface area contributed by atoms with Crippen molar-refractivity contribution in [1.82, 2.24) is 4.98 Å². The molecule has 0 spiro atoms. The molecular formula is C19H13Cl2N3S. The molecule has 0 saturated carbocycles. The van der Waals surface area contributed by atoms with Gasteiger partial charge in [0.2, 0.25) is 0 Å². The third-order valence-electron chi connectivity index (χ3n) is 3.59. The summed E-state index contributed by atoms with van der Waals surface area (Å²) in [7, 11) is 0. The highest BCUT2D eigenvalue weighted by atomic mass is 35.5. The second-order valence-electron chi connectivity index (χ2n) is 5.30. The normalized spacial score (nSPS) is 11.2. The number of halogens is 2. The highest BCUT2D eigenvalue weighted by molar-refractivity contribution is 7.11. The van der Waals surface area contributed by atoms with Crippen molar-refractivity contribution in [3.63, 3.8) is 0 Å². The molecule has 0 aliphatic carbocycles.